The van der Waals surface area contributed by atoms with Crippen molar-refractivity contribution in [1.29, 1.82) is 0 Å². The van der Waals surface area contributed by atoms with E-state index in [1.54, 1.807) is 24.3 Å². The topological polar surface area (TPSA) is 47.9 Å². The zero-order valence-electron chi connectivity index (χ0n) is 12.5. The van der Waals surface area contributed by atoms with Crippen LogP contribution < -0.4 is 4.74 Å². The molecule has 0 radical (unpaired) electrons. The Morgan fingerprint density at radius 3 is 2.70 bits per heavy atom. The van der Waals surface area contributed by atoms with Crippen LogP contribution in [0.4, 0.5) is 4.39 Å². The van der Waals surface area contributed by atoms with Crippen LogP contribution in [0.15, 0.2) is 59.2 Å². The van der Waals surface area contributed by atoms with Crippen molar-refractivity contribution in [1.82, 2.24) is 0 Å². The van der Waals surface area contributed by atoms with E-state index in [-0.39, 0.29) is 17.2 Å². The Morgan fingerprint density at radius 1 is 1.17 bits per heavy atom. The van der Waals surface area contributed by atoms with Crippen LogP contribution in [-0.4, -0.2) is 18.5 Å². The predicted molar refractivity (Wildman–Crippen MR) is 84.6 cm³/mol. The molecule has 0 N–H and O–H groups in total. The molecule has 0 saturated heterocycles. The summed E-state index contributed by atoms with van der Waals surface area (Å²) in [5.74, 6) is -0.498. The molecule has 1 heterocycles. The standard InChI is InChI=1S/C18H14FNO3/c1-2-22-16-10-6-3-7-12(16)11-15-18(21)23-17(20-15)13-8-4-5-9-14(13)19/h3-11H,2H2,1H3. The molecule has 0 aromatic heterocycles. The largest absolute Gasteiger partial charge is 0.493 e. The summed E-state index contributed by atoms with van der Waals surface area (Å²) in [6.07, 6.45) is 1.57. The van der Waals surface area contributed by atoms with E-state index in [1.165, 1.54) is 12.1 Å². The minimum absolute atomic E-state index is 0.0340. The third-order valence-corrected chi connectivity index (χ3v) is 3.24. The Kier molecular flexibility index (Phi) is 4.19. The summed E-state index contributed by atoms with van der Waals surface area (Å²) in [6, 6.07) is 13.3. The lowest BCUT2D eigenvalue weighted by molar-refractivity contribution is -0.129. The summed E-state index contributed by atoms with van der Waals surface area (Å²) in [5.41, 5.74) is 0.970. The monoisotopic (exact) mass is 311 g/mol. The fraction of sp³-hybridized carbons (Fsp3) is 0.111. The van der Waals surface area contributed by atoms with E-state index in [0.717, 1.165) is 0 Å². The fourth-order valence-electron chi connectivity index (χ4n) is 2.19. The number of carbonyl (C=O) groups is 1. The molecular weight excluding hydrogens is 297 g/mol. The number of nitrogens with zero attached hydrogens (tertiary/aromatic N) is 1. The molecule has 0 fully saturated rings. The smallest absolute Gasteiger partial charge is 0.363 e. The maximum Gasteiger partial charge on any atom is 0.363 e. The van der Waals surface area contributed by atoms with Crippen molar-refractivity contribution in [2.75, 3.05) is 6.61 Å². The Morgan fingerprint density at radius 2 is 1.91 bits per heavy atom. The predicted octanol–water partition coefficient (Wildman–Crippen LogP) is 3.57. The minimum Gasteiger partial charge on any atom is -0.493 e. The number of cyclic esters (lactones) is 1. The number of rotatable bonds is 4. The van der Waals surface area contributed by atoms with Gasteiger partial charge in [-0.2, -0.15) is 0 Å². The van der Waals surface area contributed by atoms with Crippen LogP contribution in [0.5, 0.6) is 5.75 Å². The summed E-state index contributed by atoms with van der Waals surface area (Å²) in [4.78, 5) is 16.1. The average Bonchev–Trinajstić information content (AvgIpc) is 2.91. The fourth-order valence-corrected chi connectivity index (χ4v) is 2.19. The molecule has 5 heteroatoms. The highest BCUT2D eigenvalue weighted by Crippen LogP contribution is 2.25. The number of carbonyl (C=O) groups excluding carboxylic acids is 1. The molecule has 0 spiro atoms. The molecule has 0 atom stereocenters. The number of benzene rings is 2. The van der Waals surface area contributed by atoms with Crippen LogP contribution in [0, 0.1) is 5.82 Å². The maximum absolute atomic E-state index is 13.8. The van der Waals surface area contributed by atoms with Gasteiger partial charge >= 0.3 is 5.97 Å². The molecule has 2 aromatic rings. The molecule has 1 aliphatic rings. The Balaban J connectivity index is 1.98. The number of ether oxygens (including phenoxy) is 2. The summed E-state index contributed by atoms with van der Waals surface area (Å²) in [7, 11) is 0. The van der Waals surface area contributed by atoms with Gasteiger partial charge in [-0.3, -0.25) is 0 Å². The van der Waals surface area contributed by atoms with Crippen LogP contribution >= 0.6 is 0 Å². The van der Waals surface area contributed by atoms with E-state index in [4.69, 9.17) is 9.47 Å². The highest BCUT2D eigenvalue weighted by atomic mass is 19.1. The van der Waals surface area contributed by atoms with Gasteiger partial charge in [0.2, 0.25) is 5.90 Å². The van der Waals surface area contributed by atoms with E-state index in [1.807, 2.05) is 25.1 Å². The number of halogens is 1. The first-order chi connectivity index (χ1) is 11.2. The zero-order valence-corrected chi connectivity index (χ0v) is 12.5. The molecule has 116 valence electrons. The second-order valence-corrected chi connectivity index (χ2v) is 4.79. The maximum atomic E-state index is 13.8. The number of para-hydroxylation sites is 1. The van der Waals surface area contributed by atoms with Crippen molar-refractivity contribution in [2.45, 2.75) is 6.92 Å². The van der Waals surface area contributed by atoms with E-state index in [9.17, 15) is 9.18 Å². The molecule has 4 nitrogen and oxygen atoms in total. The van der Waals surface area contributed by atoms with Gasteiger partial charge in [-0.05, 0) is 31.2 Å². The van der Waals surface area contributed by atoms with Crippen LogP contribution in [-0.2, 0) is 9.53 Å². The Labute approximate surface area is 132 Å². The zero-order chi connectivity index (χ0) is 16.2. The lowest BCUT2D eigenvalue weighted by atomic mass is 10.1. The third kappa shape index (κ3) is 3.13. The first-order valence-electron chi connectivity index (χ1n) is 7.18. The van der Waals surface area contributed by atoms with Crippen molar-refractivity contribution in [2.24, 2.45) is 4.99 Å². The van der Waals surface area contributed by atoms with Crippen LogP contribution in [0.25, 0.3) is 6.08 Å². The first kappa shape index (κ1) is 15.0. The molecule has 0 aliphatic carbocycles. The molecule has 23 heavy (non-hydrogen) atoms. The molecule has 0 unspecified atom stereocenters. The van der Waals surface area contributed by atoms with E-state index in [2.05, 4.69) is 4.99 Å². The van der Waals surface area contributed by atoms with Crippen molar-refractivity contribution >= 4 is 17.9 Å². The molecule has 2 aromatic carbocycles. The van der Waals surface area contributed by atoms with Crippen LogP contribution in [0.1, 0.15) is 18.1 Å². The van der Waals surface area contributed by atoms with Crippen LogP contribution in [0.3, 0.4) is 0 Å². The summed E-state index contributed by atoms with van der Waals surface area (Å²) >= 11 is 0. The SMILES string of the molecule is CCOc1ccccc1C=C1N=C(c2ccccc2F)OC1=O. The highest BCUT2D eigenvalue weighted by molar-refractivity contribution is 6.13. The van der Waals surface area contributed by atoms with Crippen molar-refractivity contribution in [3.05, 3.63) is 71.2 Å². The number of hydrogen-bond acceptors (Lipinski definition) is 4. The minimum atomic E-state index is -0.616. The molecular formula is C18H14FNO3. The van der Waals surface area contributed by atoms with Gasteiger partial charge in [-0.25, -0.2) is 14.2 Å². The van der Waals surface area contributed by atoms with Crippen molar-refractivity contribution in [3.63, 3.8) is 0 Å². The average molecular weight is 311 g/mol. The Hall–Kier alpha value is -2.95. The van der Waals surface area contributed by atoms with Crippen molar-refractivity contribution in [3.8, 4) is 5.75 Å². The quantitative estimate of drug-likeness (QED) is 0.640. The Bertz CT molecular complexity index is 811. The normalized spacial score (nSPS) is 15.5. The molecule has 0 bridgehead atoms. The first-order valence-corrected chi connectivity index (χ1v) is 7.18. The number of hydrogen-bond donors (Lipinski definition) is 0. The second-order valence-electron chi connectivity index (χ2n) is 4.79. The van der Waals surface area contributed by atoms with Gasteiger partial charge in [-0.15, -0.1) is 0 Å². The van der Waals surface area contributed by atoms with Crippen LogP contribution in [0.2, 0.25) is 0 Å². The number of esters is 1. The van der Waals surface area contributed by atoms with Gasteiger partial charge in [0.25, 0.3) is 0 Å². The van der Waals surface area contributed by atoms with Crippen molar-refractivity contribution < 1.29 is 18.7 Å². The highest BCUT2D eigenvalue weighted by Gasteiger charge is 2.26. The number of aliphatic imine (C=N–C) groups is 1. The molecule has 1 aliphatic heterocycles. The molecule has 0 saturated carbocycles. The third-order valence-electron chi connectivity index (χ3n) is 3.24. The van der Waals surface area contributed by atoms with E-state index in [0.29, 0.717) is 17.9 Å². The molecule has 3 rings (SSSR count). The summed E-state index contributed by atoms with van der Waals surface area (Å²) in [6.45, 7) is 2.39. The second kappa shape index (κ2) is 6.44. The van der Waals surface area contributed by atoms with Gasteiger partial charge in [0, 0.05) is 5.56 Å². The summed E-state index contributed by atoms with van der Waals surface area (Å²) in [5, 5.41) is 0. The van der Waals surface area contributed by atoms with Gasteiger partial charge in [0.1, 0.15) is 11.6 Å². The summed E-state index contributed by atoms with van der Waals surface area (Å²) < 4.78 is 24.4. The van der Waals surface area contributed by atoms with E-state index < -0.39 is 11.8 Å². The lowest BCUT2D eigenvalue weighted by Gasteiger charge is -2.06. The molecule has 0 amide bonds. The van der Waals surface area contributed by atoms with Gasteiger partial charge in [0.05, 0.1) is 12.2 Å². The van der Waals surface area contributed by atoms with Gasteiger partial charge in [-0.1, -0.05) is 30.3 Å². The lowest BCUT2D eigenvalue weighted by Crippen LogP contribution is -2.07. The van der Waals surface area contributed by atoms with Gasteiger partial charge < -0.3 is 9.47 Å². The van der Waals surface area contributed by atoms with E-state index >= 15 is 0 Å². The van der Waals surface area contributed by atoms with Gasteiger partial charge in [0.15, 0.2) is 5.70 Å².